The Bertz CT molecular complexity index is 235. The number of nitrogens with one attached hydrogen (secondary N) is 1. The molecule has 3 unspecified atom stereocenters. The van der Waals surface area contributed by atoms with Gasteiger partial charge >= 0.3 is 5.97 Å². The van der Waals surface area contributed by atoms with Gasteiger partial charge < -0.3 is 15.0 Å². The second-order valence-electron chi connectivity index (χ2n) is 2.46. The van der Waals surface area contributed by atoms with Crippen LogP contribution in [-0.2, 0) is 25.7 Å². The van der Waals surface area contributed by atoms with Gasteiger partial charge in [0.15, 0.2) is 6.04 Å². The van der Waals surface area contributed by atoms with Crippen LogP contribution in [0.4, 0.5) is 0 Å². The van der Waals surface area contributed by atoms with Crippen LogP contribution in [0.3, 0.4) is 0 Å². The molecule has 1 heterocycles. The Morgan fingerprint density at radius 1 is 1.85 bits per heavy atom. The number of ether oxygens (including phenoxy) is 1. The third-order valence-electron chi connectivity index (χ3n) is 1.58. The van der Waals surface area contributed by atoms with Crippen LogP contribution in [0.2, 0.25) is 0 Å². The van der Waals surface area contributed by atoms with Crippen LogP contribution in [-0.4, -0.2) is 34.3 Å². The molecule has 0 aromatic rings. The minimum absolute atomic E-state index is 0.174. The van der Waals surface area contributed by atoms with Gasteiger partial charge in [0, 0.05) is 0 Å². The maximum atomic E-state index is 11.1. The first-order valence-corrected chi connectivity index (χ1v) is 4.92. The summed E-state index contributed by atoms with van der Waals surface area (Å²) in [5, 5.41) is -1.08. The minimum Gasteiger partial charge on any atom is -0.592 e. The summed E-state index contributed by atoms with van der Waals surface area (Å²) in [4.78, 5) is 22.0. The number of nitrogens with two attached hydrogens (primary N) is 1. The Balaban J connectivity index is 2.68. The van der Waals surface area contributed by atoms with Gasteiger partial charge in [-0.15, -0.1) is 0 Å². The molecule has 3 atom stereocenters. The molecule has 1 fully saturated rings. The molecule has 1 aliphatic rings. The van der Waals surface area contributed by atoms with Gasteiger partial charge in [-0.2, -0.15) is 4.72 Å². The molecule has 0 radical (unpaired) electrons. The summed E-state index contributed by atoms with van der Waals surface area (Å²) in [5.74, 6) is -1.29. The molecule has 1 rings (SSSR count). The van der Waals surface area contributed by atoms with E-state index < -0.39 is 34.5 Å². The Kier molecular flexibility index (Phi) is 3.12. The Labute approximate surface area is 78.1 Å². The monoisotopic (exact) mass is 206 g/mol. The van der Waals surface area contributed by atoms with Crippen molar-refractivity contribution in [1.29, 1.82) is 0 Å². The number of esters is 1. The molecule has 0 aromatic heterocycles. The maximum Gasteiger partial charge on any atom is 0.364 e. The van der Waals surface area contributed by atoms with Crippen LogP contribution in [0.1, 0.15) is 6.92 Å². The summed E-state index contributed by atoms with van der Waals surface area (Å²) in [6.45, 7) is 1.80. The van der Waals surface area contributed by atoms with Gasteiger partial charge in [0.2, 0.25) is 0 Å². The van der Waals surface area contributed by atoms with Crippen molar-refractivity contribution in [3.8, 4) is 0 Å². The van der Waals surface area contributed by atoms with E-state index in [1.54, 1.807) is 6.92 Å². The lowest BCUT2D eigenvalue weighted by Gasteiger charge is -2.11. The number of carbonyl (C=O) groups is 2. The highest BCUT2D eigenvalue weighted by Gasteiger charge is 2.50. The average Bonchev–Trinajstić information content (AvgIpc) is 2.27. The maximum absolute atomic E-state index is 11.1. The van der Waals surface area contributed by atoms with Crippen LogP contribution >= 0.6 is 0 Å². The summed E-state index contributed by atoms with van der Waals surface area (Å²) in [6.07, 6.45) is 0. The van der Waals surface area contributed by atoms with Gasteiger partial charge in [0.05, 0.1) is 18.0 Å². The van der Waals surface area contributed by atoms with Crippen LogP contribution in [0.25, 0.3) is 0 Å². The van der Waals surface area contributed by atoms with Crippen molar-refractivity contribution in [3.63, 3.8) is 0 Å². The van der Waals surface area contributed by atoms with Crippen molar-refractivity contribution >= 4 is 23.2 Å². The van der Waals surface area contributed by atoms with Crippen molar-refractivity contribution < 1.29 is 18.9 Å². The third-order valence-corrected chi connectivity index (χ3v) is 2.93. The predicted octanol–water partition coefficient (Wildman–Crippen LogP) is -1.96. The Morgan fingerprint density at radius 2 is 2.46 bits per heavy atom. The van der Waals surface area contributed by atoms with E-state index in [0.717, 1.165) is 0 Å². The van der Waals surface area contributed by atoms with E-state index in [-0.39, 0.29) is 6.61 Å². The molecule has 1 amide bonds. The molecule has 1 aliphatic heterocycles. The fraction of sp³-hybridized carbons (Fsp3) is 0.667. The zero-order valence-corrected chi connectivity index (χ0v) is 7.80. The average molecular weight is 206 g/mol. The molecule has 0 bridgehead atoms. The van der Waals surface area contributed by atoms with E-state index in [1.807, 2.05) is 0 Å². The van der Waals surface area contributed by atoms with Crippen LogP contribution < -0.4 is 10.5 Å². The van der Waals surface area contributed by atoms with E-state index in [2.05, 4.69) is 9.46 Å². The molecule has 74 valence electrons. The first-order valence-electron chi connectivity index (χ1n) is 3.71. The van der Waals surface area contributed by atoms with Gasteiger partial charge in [-0.1, -0.05) is 0 Å². The van der Waals surface area contributed by atoms with E-state index in [0.29, 0.717) is 0 Å². The Hall–Kier alpha value is -0.790. The molecule has 3 N–H and O–H groups in total. The highest BCUT2D eigenvalue weighted by atomic mass is 32.2. The number of hydrogen-bond acceptors (Lipinski definition) is 5. The second kappa shape index (κ2) is 3.95. The van der Waals surface area contributed by atoms with Crippen molar-refractivity contribution in [1.82, 2.24) is 4.72 Å². The standard InChI is InChI=1S/C6H10N2O4S/c1-2-12-6(10)4-3(7)5(9)8-13(4)11/h3-4H,2,7H2,1H3,(H,8,9). The zero-order valence-electron chi connectivity index (χ0n) is 6.98. The summed E-state index contributed by atoms with van der Waals surface area (Å²) in [7, 11) is 0. The van der Waals surface area contributed by atoms with Gasteiger partial charge in [0.1, 0.15) is 0 Å². The van der Waals surface area contributed by atoms with Crippen molar-refractivity contribution in [2.75, 3.05) is 6.61 Å². The largest absolute Gasteiger partial charge is 0.592 e. The lowest BCUT2D eigenvalue weighted by Crippen LogP contribution is -2.43. The summed E-state index contributed by atoms with van der Waals surface area (Å²) in [6, 6.07) is -1.07. The van der Waals surface area contributed by atoms with Crippen LogP contribution in [0, 0.1) is 0 Å². The zero-order chi connectivity index (χ0) is 10.0. The normalized spacial score (nSPS) is 32.8. The topological polar surface area (TPSA) is 104 Å². The minimum atomic E-state index is -1.75. The van der Waals surface area contributed by atoms with E-state index in [4.69, 9.17) is 5.73 Å². The molecule has 7 heteroatoms. The molecule has 1 saturated heterocycles. The van der Waals surface area contributed by atoms with Crippen LogP contribution in [0.5, 0.6) is 0 Å². The fourth-order valence-corrected chi connectivity index (χ4v) is 2.05. The lowest BCUT2D eigenvalue weighted by atomic mass is 10.2. The smallest absolute Gasteiger partial charge is 0.364 e. The molecular formula is C6H10N2O4S. The van der Waals surface area contributed by atoms with Gasteiger partial charge in [-0.3, -0.25) is 4.79 Å². The van der Waals surface area contributed by atoms with Gasteiger partial charge in [-0.25, -0.2) is 4.79 Å². The van der Waals surface area contributed by atoms with Crippen molar-refractivity contribution in [2.24, 2.45) is 5.73 Å². The van der Waals surface area contributed by atoms with Gasteiger partial charge in [-0.05, 0) is 6.92 Å². The SMILES string of the molecule is CCOC(=O)C1C(N)C(=O)N[S+]1[O-]. The number of hydrogen-bond donors (Lipinski definition) is 2. The fourth-order valence-electron chi connectivity index (χ4n) is 0.960. The first-order chi connectivity index (χ1) is 6.07. The second-order valence-corrected chi connectivity index (χ2v) is 3.77. The summed E-state index contributed by atoms with van der Waals surface area (Å²) >= 11 is -1.75. The number of amides is 1. The molecule has 0 spiro atoms. The van der Waals surface area contributed by atoms with Crippen molar-refractivity contribution in [3.05, 3.63) is 0 Å². The quantitative estimate of drug-likeness (QED) is 0.403. The molecule has 0 aromatic carbocycles. The summed E-state index contributed by atoms with van der Waals surface area (Å²) in [5.41, 5.74) is 5.34. The third kappa shape index (κ3) is 1.93. The van der Waals surface area contributed by atoms with E-state index in [9.17, 15) is 14.1 Å². The molecular weight excluding hydrogens is 196 g/mol. The molecule has 6 nitrogen and oxygen atoms in total. The van der Waals surface area contributed by atoms with E-state index in [1.165, 1.54) is 0 Å². The summed E-state index contributed by atoms with van der Waals surface area (Å²) < 4.78 is 17.8. The van der Waals surface area contributed by atoms with Crippen LogP contribution in [0.15, 0.2) is 0 Å². The predicted molar refractivity (Wildman–Crippen MR) is 44.7 cm³/mol. The lowest BCUT2D eigenvalue weighted by molar-refractivity contribution is -0.143. The highest BCUT2D eigenvalue weighted by Crippen LogP contribution is 2.13. The first kappa shape index (κ1) is 10.3. The van der Waals surface area contributed by atoms with Crippen molar-refractivity contribution in [2.45, 2.75) is 18.2 Å². The molecule has 0 aliphatic carbocycles. The molecule has 13 heavy (non-hydrogen) atoms. The number of carbonyl (C=O) groups excluding carboxylic acids is 2. The van der Waals surface area contributed by atoms with Gasteiger partial charge in [0.25, 0.3) is 11.2 Å². The van der Waals surface area contributed by atoms with E-state index >= 15 is 0 Å². The number of rotatable bonds is 2. The molecule has 0 saturated carbocycles. The highest BCUT2D eigenvalue weighted by molar-refractivity contribution is 7.92. The Morgan fingerprint density at radius 3 is 2.85 bits per heavy atom.